The minimum absolute atomic E-state index is 0.0110. The summed E-state index contributed by atoms with van der Waals surface area (Å²) in [5, 5.41) is 2.89. The van der Waals surface area contributed by atoms with Gasteiger partial charge >= 0.3 is 0 Å². The van der Waals surface area contributed by atoms with Crippen LogP contribution in [0.1, 0.15) is 6.92 Å². The molecular weight excluding hydrogens is 244 g/mol. The third-order valence-electron chi connectivity index (χ3n) is 1.88. The summed E-state index contributed by atoms with van der Waals surface area (Å²) in [5.74, 6) is -0.748. The molecule has 0 aliphatic carbocycles. The first-order chi connectivity index (χ1) is 7.97. The molecule has 7 nitrogen and oxygen atoms in total. The number of nitrogens with zero attached hydrogens (tertiary/aromatic N) is 1. The lowest BCUT2D eigenvalue weighted by Crippen LogP contribution is -2.33. The zero-order valence-corrected chi connectivity index (χ0v) is 10.1. The fraction of sp³-hybridized carbons (Fsp3) is 0.333. The SMILES string of the molecule is CCNc1ccncc1S(=O)(=O)NCC(N)=O. The molecule has 0 atom stereocenters. The van der Waals surface area contributed by atoms with Gasteiger partial charge in [0.1, 0.15) is 4.90 Å². The van der Waals surface area contributed by atoms with Crippen molar-refractivity contribution in [1.82, 2.24) is 9.71 Å². The van der Waals surface area contributed by atoms with Crippen LogP contribution >= 0.6 is 0 Å². The molecule has 0 saturated carbocycles. The van der Waals surface area contributed by atoms with Gasteiger partial charge in [0, 0.05) is 18.9 Å². The van der Waals surface area contributed by atoms with Crippen molar-refractivity contribution >= 4 is 21.6 Å². The molecule has 0 fully saturated rings. The summed E-state index contributed by atoms with van der Waals surface area (Å²) < 4.78 is 25.8. The number of primary amides is 1. The van der Waals surface area contributed by atoms with E-state index in [0.717, 1.165) is 0 Å². The highest BCUT2D eigenvalue weighted by Crippen LogP contribution is 2.18. The highest BCUT2D eigenvalue weighted by molar-refractivity contribution is 7.89. The van der Waals surface area contributed by atoms with Gasteiger partial charge in [0.2, 0.25) is 15.9 Å². The van der Waals surface area contributed by atoms with Gasteiger partial charge in [0.15, 0.2) is 0 Å². The Morgan fingerprint density at radius 3 is 2.82 bits per heavy atom. The van der Waals surface area contributed by atoms with Crippen molar-refractivity contribution in [2.75, 3.05) is 18.4 Å². The van der Waals surface area contributed by atoms with E-state index in [-0.39, 0.29) is 4.90 Å². The number of carbonyl (C=O) groups excluding carboxylic acids is 1. The topological polar surface area (TPSA) is 114 Å². The lowest BCUT2D eigenvalue weighted by atomic mass is 10.4. The monoisotopic (exact) mass is 258 g/mol. The average Bonchev–Trinajstić information content (AvgIpc) is 2.28. The first-order valence-electron chi connectivity index (χ1n) is 4.93. The summed E-state index contributed by atoms with van der Waals surface area (Å²) in [6, 6.07) is 1.54. The molecule has 0 aliphatic rings. The van der Waals surface area contributed by atoms with Crippen molar-refractivity contribution in [1.29, 1.82) is 0 Å². The van der Waals surface area contributed by atoms with Crippen molar-refractivity contribution in [3.8, 4) is 0 Å². The van der Waals surface area contributed by atoms with E-state index in [1.807, 2.05) is 6.92 Å². The molecule has 4 N–H and O–H groups in total. The number of nitrogens with two attached hydrogens (primary N) is 1. The number of sulfonamides is 1. The van der Waals surface area contributed by atoms with E-state index in [2.05, 4.69) is 15.0 Å². The van der Waals surface area contributed by atoms with E-state index in [4.69, 9.17) is 5.73 Å². The number of aromatic nitrogens is 1. The molecule has 1 rings (SSSR count). The van der Waals surface area contributed by atoms with Crippen LogP contribution in [-0.4, -0.2) is 32.4 Å². The smallest absolute Gasteiger partial charge is 0.244 e. The maximum Gasteiger partial charge on any atom is 0.244 e. The summed E-state index contributed by atoms with van der Waals surface area (Å²) in [6.07, 6.45) is 2.69. The molecule has 94 valence electrons. The Balaban J connectivity index is 3.01. The summed E-state index contributed by atoms with van der Waals surface area (Å²) >= 11 is 0. The molecule has 17 heavy (non-hydrogen) atoms. The van der Waals surface area contributed by atoms with Crippen LogP contribution in [0, 0.1) is 0 Å². The molecule has 0 aromatic carbocycles. The summed E-state index contributed by atoms with van der Waals surface area (Å²) in [4.78, 5) is 14.3. The molecular formula is C9H14N4O3S. The lowest BCUT2D eigenvalue weighted by Gasteiger charge is -2.10. The Kier molecular flexibility index (Phi) is 4.41. The summed E-state index contributed by atoms with van der Waals surface area (Å²) in [6.45, 7) is 1.97. The van der Waals surface area contributed by atoms with Crippen LogP contribution in [0.15, 0.2) is 23.4 Å². The zero-order chi connectivity index (χ0) is 12.9. The molecule has 0 spiro atoms. The average molecular weight is 258 g/mol. The van der Waals surface area contributed by atoms with Gasteiger partial charge in [-0.3, -0.25) is 9.78 Å². The quantitative estimate of drug-likeness (QED) is 0.623. The van der Waals surface area contributed by atoms with Crippen LogP contribution in [0.2, 0.25) is 0 Å². The van der Waals surface area contributed by atoms with Crippen molar-refractivity contribution in [3.63, 3.8) is 0 Å². The maximum atomic E-state index is 11.8. The van der Waals surface area contributed by atoms with Gasteiger partial charge in [-0.1, -0.05) is 0 Å². The van der Waals surface area contributed by atoms with E-state index in [0.29, 0.717) is 12.2 Å². The van der Waals surface area contributed by atoms with E-state index in [9.17, 15) is 13.2 Å². The fourth-order valence-electron chi connectivity index (χ4n) is 1.17. The molecule has 1 aromatic rings. The van der Waals surface area contributed by atoms with Crippen molar-refractivity contribution < 1.29 is 13.2 Å². The molecule has 0 unspecified atom stereocenters. The summed E-state index contributed by atoms with van der Waals surface area (Å²) in [5.41, 5.74) is 5.31. The number of amides is 1. The predicted molar refractivity (Wildman–Crippen MR) is 62.8 cm³/mol. The molecule has 1 heterocycles. The number of hydrogen-bond acceptors (Lipinski definition) is 5. The lowest BCUT2D eigenvalue weighted by molar-refractivity contribution is -0.116. The fourth-order valence-corrected chi connectivity index (χ4v) is 2.29. The van der Waals surface area contributed by atoms with Crippen molar-refractivity contribution in [3.05, 3.63) is 18.5 Å². The largest absolute Gasteiger partial charge is 0.384 e. The molecule has 0 bridgehead atoms. The standard InChI is InChI=1S/C9H14N4O3S/c1-2-12-7-3-4-11-5-8(7)17(15,16)13-6-9(10)14/h3-5,13H,2,6H2,1H3,(H2,10,14)(H,11,12). The van der Waals surface area contributed by atoms with Gasteiger partial charge in [-0.05, 0) is 13.0 Å². The minimum atomic E-state index is -3.78. The van der Waals surface area contributed by atoms with Gasteiger partial charge in [0.25, 0.3) is 0 Å². The van der Waals surface area contributed by atoms with Crippen LogP contribution in [0.5, 0.6) is 0 Å². The van der Waals surface area contributed by atoms with Crippen molar-refractivity contribution in [2.24, 2.45) is 5.73 Å². The van der Waals surface area contributed by atoms with Crippen LogP contribution in [0.4, 0.5) is 5.69 Å². The Morgan fingerprint density at radius 1 is 1.53 bits per heavy atom. The molecule has 0 saturated heterocycles. The molecule has 1 aromatic heterocycles. The molecule has 8 heteroatoms. The third kappa shape index (κ3) is 3.68. The molecule has 0 aliphatic heterocycles. The number of anilines is 1. The maximum absolute atomic E-state index is 11.8. The second kappa shape index (κ2) is 5.60. The van der Waals surface area contributed by atoms with Crippen LogP contribution < -0.4 is 15.8 Å². The second-order valence-electron chi connectivity index (χ2n) is 3.19. The summed E-state index contributed by atoms with van der Waals surface area (Å²) in [7, 11) is -3.78. The zero-order valence-electron chi connectivity index (χ0n) is 9.30. The van der Waals surface area contributed by atoms with E-state index in [1.54, 1.807) is 6.07 Å². The van der Waals surface area contributed by atoms with Crippen molar-refractivity contribution in [2.45, 2.75) is 11.8 Å². The highest BCUT2D eigenvalue weighted by Gasteiger charge is 2.18. The Bertz CT molecular complexity index is 501. The van der Waals surface area contributed by atoms with Crippen LogP contribution in [-0.2, 0) is 14.8 Å². The number of rotatable bonds is 6. The van der Waals surface area contributed by atoms with Crippen LogP contribution in [0.3, 0.4) is 0 Å². The Morgan fingerprint density at radius 2 is 2.24 bits per heavy atom. The highest BCUT2D eigenvalue weighted by atomic mass is 32.2. The predicted octanol–water partition coefficient (Wildman–Crippen LogP) is -0.723. The number of hydrogen-bond donors (Lipinski definition) is 3. The number of pyridine rings is 1. The van der Waals surface area contributed by atoms with E-state index >= 15 is 0 Å². The van der Waals surface area contributed by atoms with Crippen LogP contribution in [0.25, 0.3) is 0 Å². The first kappa shape index (κ1) is 13.4. The first-order valence-corrected chi connectivity index (χ1v) is 6.41. The van der Waals surface area contributed by atoms with E-state index < -0.39 is 22.5 Å². The normalized spacial score (nSPS) is 11.1. The Hall–Kier alpha value is -1.67. The van der Waals surface area contributed by atoms with Gasteiger partial charge in [-0.2, -0.15) is 0 Å². The number of nitrogens with one attached hydrogen (secondary N) is 2. The Labute approximate surface area is 99.5 Å². The minimum Gasteiger partial charge on any atom is -0.384 e. The molecule has 0 radical (unpaired) electrons. The van der Waals surface area contributed by atoms with Gasteiger partial charge in [0.05, 0.1) is 12.2 Å². The number of carbonyl (C=O) groups is 1. The van der Waals surface area contributed by atoms with Gasteiger partial charge in [-0.25, -0.2) is 13.1 Å². The van der Waals surface area contributed by atoms with Gasteiger partial charge in [-0.15, -0.1) is 0 Å². The van der Waals surface area contributed by atoms with E-state index in [1.165, 1.54) is 12.4 Å². The third-order valence-corrected chi connectivity index (χ3v) is 3.31. The van der Waals surface area contributed by atoms with Gasteiger partial charge < -0.3 is 11.1 Å². The second-order valence-corrected chi connectivity index (χ2v) is 4.93. The molecule has 1 amide bonds.